The van der Waals surface area contributed by atoms with E-state index in [1.807, 2.05) is 84.5 Å². The van der Waals surface area contributed by atoms with Gasteiger partial charge in [-0.15, -0.1) is 0 Å². The second-order valence-electron chi connectivity index (χ2n) is 7.11. The number of aromatic nitrogens is 4. The summed E-state index contributed by atoms with van der Waals surface area (Å²) in [7, 11) is 0. The molecule has 3 heterocycles. The highest BCUT2D eigenvalue weighted by molar-refractivity contribution is 5.78. The second-order valence-corrected chi connectivity index (χ2v) is 7.11. The fraction of sp³-hybridized carbons (Fsp3) is 0.0800. The van der Waals surface area contributed by atoms with Crippen LogP contribution in [0.25, 0.3) is 27.8 Å². The van der Waals surface area contributed by atoms with Crippen molar-refractivity contribution in [1.29, 1.82) is 0 Å². The molecule has 0 aliphatic carbocycles. The summed E-state index contributed by atoms with van der Waals surface area (Å²) in [5, 5.41) is 5.81. The lowest BCUT2D eigenvalue weighted by atomic mass is 10.1. The second kappa shape index (κ2) is 7.79. The Kier molecular flexibility index (Phi) is 4.69. The summed E-state index contributed by atoms with van der Waals surface area (Å²) in [6, 6.07) is 26.1. The Morgan fingerprint density at radius 3 is 2.63 bits per heavy atom. The van der Waals surface area contributed by atoms with Gasteiger partial charge in [0, 0.05) is 29.0 Å². The van der Waals surface area contributed by atoms with Crippen molar-refractivity contribution in [3.63, 3.8) is 0 Å². The first kappa shape index (κ1) is 18.1. The van der Waals surface area contributed by atoms with Crippen LogP contribution in [0.3, 0.4) is 0 Å². The van der Waals surface area contributed by atoms with E-state index < -0.39 is 0 Å². The number of hydrogen-bond donors (Lipinski definition) is 0. The lowest BCUT2D eigenvalue weighted by molar-refractivity contribution is 0.302. The van der Waals surface area contributed by atoms with Crippen LogP contribution in [0.5, 0.6) is 5.75 Å². The molecule has 3 aromatic heterocycles. The fourth-order valence-electron chi connectivity index (χ4n) is 3.36. The van der Waals surface area contributed by atoms with Gasteiger partial charge in [-0.25, -0.2) is 9.67 Å². The monoisotopic (exact) mass is 392 g/mol. The van der Waals surface area contributed by atoms with E-state index in [0.29, 0.717) is 6.61 Å². The topological polar surface area (TPSA) is 52.8 Å². The third kappa shape index (κ3) is 3.78. The average Bonchev–Trinajstić information content (AvgIpc) is 3.28. The van der Waals surface area contributed by atoms with Crippen LogP contribution in [0.2, 0.25) is 0 Å². The highest BCUT2D eigenvalue weighted by atomic mass is 16.5. The Hall–Kier alpha value is -3.99. The van der Waals surface area contributed by atoms with Crippen LogP contribution in [0.4, 0.5) is 0 Å². The van der Waals surface area contributed by atoms with Gasteiger partial charge in [-0.2, -0.15) is 5.10 Å². The van der Waals surface area contributed by atoms with Gasteiger partial charge in [-0.1, -0.05) is 24.3 Å². The summed E-state index contributed by atoms with van der Waals surface area (Å²) in [6.45, 7) is 2.40. The minimum Gasteiger partial charge on any atom is -0.487 e. The number of pyridine rings is 2. The van der Waals surface area contributed by atoms with Crippen LogP contribution >= 0.6 is 0 Å². The molecule has 30 heavy (non-hydrogen) atoms. The van der Waals surface area contributed by atoms with E-state index in [1.165, 1.54) is 0 Å². The molecule has 0 atom stereocenters. The molecular formula is C25H20N4O. The SMILES string of the molecule is Cc1cc(-n2ccc(-c3ccc(OCc4ccc5ccccc5n4)cc3)n2)ccn1. The van der Waals surface area contributed by atoms with Gasteiger partial charge in [-0.05, 0) is 61.5 Å². The van der Waals surface area contributed by atoms with Crippen molar-refractivity contribution >= 4 is 10.9 Å². The minimum absolute atomic E-state index is 0.431. The molecule has 0 spiro atoms. The Bertz CT molecular complexity index is 1310. The van der Waals surface area contributed by atoms with E-state index in [4.69, 9.17) is 4.74 Å². The number of hydrogen-bond acceptors (Lipinski definition) is 4. The Balaban J connectivity index is 1.28. The van der Waals surface area contributed by atoms with Gasteiger partial charge < -0.3 is 4.74 Å². The molecule has 0 fully saturated rings. The van der Waals surface area contributed by atoms with Gasteiger partial charge in [0.05, 0.1) is 22.6 Å². The Morgan fingerprint density at radius 1 is 0.900 bits per heavy atom. The third-order valence-electron chi connectivity index (χ3n) is 4.93. The van der Waals surface area contributed by atoms with Crippen LogP contribution in [0.1, 0.15) is 11.4 Å². The molecule has 0 saturated carbocycles. The lowest BCUT2D eigenvalue weighted by Crippen LogP contribution is -1.98. The van der Waals surface area contributed by atoms with Crippen molar-refractivity contribution in [2.75, 3.05) is 0 Å². The maximum atomic E-state index is 5.92. The summed E-state index contributed by atoms with van der Waals surface area (Å²) >= 11 is 0. The molecule has 0 bridgehead atoms. The summed E-state index contributed by atoms with van der Waals surface area (Å²) in [4.78, 5) is 8.89. The van der Waals surface area contributed by atoms with E-state index >= 15 is 0 Å². The fourth-order valence-corrected chi connectivity index (χ4v) is 3.36. The molecule has 5 nitrogen and oxygen atoms in total. The first-order valence-corrected chi connectivity index (χ1v) is 9.81. The average molecular weight is 392 g/mol. The van der Waals surface area contributed by atoms with Crippen LogP contribution in [0.15, 0.2) is 91.3 Å². The van der Waals surface area contributed by atoms with Gasteiger partial charge in [0.15, 0.2) is 0 Å². The standard InChI is InChI=1S/C25H20N4O/c1-18-16-22(12-14-26-18)29-15-13-25(28-29)20-7-10-23(11-8-20)30-17-21-9-6-19-4-2-3-5-24(19)27-21/h2-16H,17H2,1H3. The molecule has 2 aromatic carbocycles. The first-order chi connectivity index (χ1) is 14.7. The van der Waals surface area contributed by atoms with E-state index in [1.54, 1.807) is 6.20 Å². The van der Waals surface area contributed by atoms with Crippen LogP contribution in [0, 0.1) is 6.92 Å². The molecule has 0 unspecified atom stereocenters. The number of para-hydroxylation sites is 1. The maximum absolute atomic E-state index is 5.92. The third-order valence-corrected chi connectivity index (χ3v) is 4.93. The summed E-state index contributed by atoms with van der Waals surface area (Å²) in [5.41, 5.74) is 5.80. The van der Waals surface area contributed by atoms with Crippen molar-refractivity contribution in [3.05, 3.63) is 103 Å². The molecule has 0 aliphatic heterocycles. The molecule has 5 rings (SSSR count). The number of benzene rings is 2. The maximum Gasteiger partial charge on any atom is 0.130 e. The van der Waals surface area contributed by atoms with Crippen molar-refractivity contribution < 1.29 is 4.74 Å². The van der Waals surface area contributed by atoms with Crippen molar-refractivity contribution in [2.24, 2.45) is 0 Å². The molecule has 0 radical (unpaired) electrons. The van der Waals surface area contributed by atoms with Gasteiger partial charge in [0.25, 0.3) is 0 Å². The normalized spacial score (nSPS) is 11.0. The molecule has 5 heteroatoms. The molecule has 0 N–H and O–H groups in total. The molecule has 0 amide bonds. The zero-order chi connectivity index (χ0) is 20.3. The zero-order valence-electron chi connectivity index (χ0n) is 16.6. The molecular weight excluding hydrogens is 372 g/mol. The highest BCUT2D eigenvalue weighted by Crippen LogP contribution is 2.22. The summed E-state index contributed by atoms with van der Waals surface area (Å²) < 4.78 is 7.79. The van der Waals surface area contributed by atoms with Crippen molar-refractivity contribution in [2.45, 2.75) is 13.5 Å². The van der Waals surface area contributed by atoms with Crippen molar-refractivity contribution in [3.8, 4) is 22.7 Å². The number of ether oxygens (including phenoxy) is 1. The number of rotatable bonds is 5. The largest absolute Gasteiger partial charge is 0.487 e. The minimum atomic E-state index is 0.431. The van der Waals surface area contributed by atoms with Gasteiger partial charge in [0.1, 0.15) is 12.4 Å². The molecule has 5 aromatic rings. The number of fused-ring (bicyclic) bond motifs is 1. The zero-order valence-corrected chi connectivity index (χ0v) is 16.6. The molecule has 0 aliphatic rings. The van der Waals surface area contributed by atoms with Gasteiger partial charge >= 0.3 is 0 Å². The Morgan fingerprint density at radius 2 is 1.77 bits per heavy atom. The smallest absolute Gasteiger partial charge is 0.130 e. The van der Waals surface area contributed by atoms with Gasteiger partial charge in [0.2, 0.25) is 0 Å². The predicted octanol–water partition coefficient (Wildman–Crippen LogP) is 5.37. The quantitative estimate of drug-likeness (QED) is 0.403. The highest BCUT2D eigenvalue weighted by Gasteiger charge is 2.06. The van der Waals surface area contributed by atoms with E-state index in [0.717, 1.165) is 45.0 Å². The molecule has 146 valence electrons. The summed E-state index contributed by atoms with van der Waals surface area (Å²) in [5.74, 6) is 0.804. The lowest BCUT2D eigenvalue weighted by Gasteiger charge is -2.07. The first-order valence-electron chi connectivity index (χ1n) is 9.81. The molecule has 0 saturated heterocycles. The number of nitrogens with zero attached hydrogens (tertiary/aromatic N) is 4. The predicted molar refractivity (Wildman–Crippen MR) is 118 cm³/mol. The van der Waals surface area contributed by atoms with Crippen molar-refractivity contribution in [1.82, 2.24) is 19.7 Å². The van der Waals surface area contributed by atoms with Gasteiger partial charge in [-0.3, -0.25) is 4.98 Å². The van der Waals surface area contributed by atoms with Crippen LogP contribution < -0.4 is 4.74 Å². The van der Waals surface area contributed by atoms with E-state index in [-0.39, 0.29) is 0 Å². The van der Waals surface area contributed by atoms with Crippen LogP contribution in [-0.4, -0.2) is 19.7 Å². The van der Waals surface area contributed by atoms with Crippen LogP contribution in [-0.2, 0) is 6.61 Å². The van der Waals surface area contributed by atoms with E-state index in [9.17, 15) is 0 Å². The summed E-state index contributed by atoms with van der Waals surface area (Å²) in [6.07, 6.45) is 3.75. The Labute approximate surface area is 174 Å². The van der Waals surface area contributed by atoms with E-state index in [2.05, 4.69) is 27.2 Å². The number of aryl methyl sites for hydroxylation is 1.